The fraction of sp³-hybridized carbons (Fsp3) is 0.837. The molecule has 0 aromatic heterocycles. The minimum atomic E-state index is -1.52. The Morgan fingerprint density at radius 1 is 0.769 bits per heavy atom. The Kier molecular flexibility index (Phi) is 25.2. The highest BCUT2D eigenvalue weighted by atomic mass is 16.7. The summed E-state index contributed by atoms with van der Waals surface area (Å²) < 4.78 is 17.4. The minimum Gasteiger partial charge on any atom is -0.466 e. The topological polar surface area (TPSA) is 146 Å². The first kappa shape index (κ1) is 48.4. The number of hydrogen-bond donors (Lipinski definition) is 5. The minimum absolute atomic E-state index is 0.0159. The Balaban J connectivity index is 2.89. The van der Waals surface area contributed by atoms with Gasteiger partial charge in [0.15, 0.2) is 6.29 Å². The zero-order valence-electron chi connectivity index (χ0n) is 34.1. The molecular weight excluding hydrogens is 660 g/mol. The molecule has 1 rings (SSSR count). The molecule has 5 N–H and O–H groups in total. The molecule has 13 atom stereocenters. The number of esters is 1. The average molecular weight is 739 g/mol. The maximum absolute atomic E-state index is 11.7. The van der Waals surface area contributed by atoms with E-state index in [0.717, 1.165) is 50.9 Å². The number of carbonyl (C=O) groups excluding carboxylic acids is 1. The molecule has 0 aromatic rings. The first-order valence-corrected chi connectivity index (χ1v) is 20.4. The Bertz CT molecular complexity index is 1010. The van der Waals surface area contributed by atoms with Crippen molar-refractivity contribution in [2.45, 2.75) is 176 Å². The number of allylic oxidation sites excluding steroid dienone is 4. The zero-order chi connectivity index (χ0) is 39.2. The molecule has 52 heavy (non-hydrogen) atoms. The molecule has 0 aliphatic carbocycles. The normalized spacial score (nSPS) is 26.1. The highest BCUT2D eigenvalue weighted by Crippen LogP contribution is 2.28. The van der Waals surface area contributed by atoms with Gasteiger partial charge >= 0.3 is 5.97 Å². The average Bonchev–Trinajstić information content (AvgIpc) is 3.10. The predicted molar refractivity (Wildman–Crippen MR) is 209 cm³/mol. The number of aliphatic hydroxyl groups excluding tert-OH is 5. The van der Waals surface area contributed by atoms with Crippen LogP contribution in [0.3, 0.4) is 0 Å². The Labute approximate surface area is 316 Å². The molecule has 1 fully saturated rings. The van der Waals surface area contributed by atoms with E-state index in [-0.39, 0.29) is 29.6 Å². The summed E-state index contributed by atoms with van der Waals surface area (Å²) in [5.74, 6) is 1.94. The van der Waals surface area contributed by atoms with Gasteiger partial charge in [-0.3, -0.25) is 4.79 Å². The summed E-state index contributed by atoms with van der Waals surface area (Å²) in [6.07, 6.45) is 15.7. The van der Waals surface area contributed by atoms with Crippen LogP contribution in [0.5, 0.6) is 0 Å². The largest absolute Gasteiger partial charge is 0.466 e. The predicted octanol–water partition coefficient (Wildman–Crippen LogP) is 7.53. The summed E-state index contributed by atoms with van der Waals surface area (Å²) in [4.78, 5) is 11.7. The summed E-state index contributed by atoms with van der Waals surface area (Å²) in [6.45, 7) is 18.6. The van der Waals surface area contributed by atoms with Gasteiger partial charge in [0.25, 0.3) is 0 Å². The van der Waals surface area contributed by atoms with Gasteiger partial charge in [-0.2, -0.15) is 0 Å². The molecule has 0 amide bonds. The Morgan fingerprint density at radius 3 is 2.06 bits per heavy atom. The van der Waals surface area contributed by atoms with Gasteiger partial charge in [0.2, 0.25) is 0 Å². The maximum atomic E-state index is 11.7. The quantitative estimate of drug-likeness (QED) is 0.0427. The van der Waals surface area contributed by atoms with Crippen LogP contribution in [-0.2, 0) is 19.0 Å². The molecule has 0 aromatic carbocycles. The lowest BCUT2D eigenvalue weighted by atomic mass is 9.89. The molecule has 13 unspecified atom stereocenters. The van der Waals surface area contributed by atoms with Crippen LogP contribution in [0.25, 0.3) is 0 Å². The third kappa shape index (κ3) is 20.2. The van der Waals surface area contributed by atoms with Gasteiger partial charge < -0.3 is 39.7 Å². The summed E-state index contributed by atoms with van der Waals surface area (Å²) in [5.41, 5.74) is 0. The lowest BCUT2D eigenvalue weighted by Crippen LogP contribution is -2.59. The van der Waals surface area contributed by atoms with Crippen LogP contribution in [0.2, 0.25) is 0 Å². The van der Waals surface area contributed by atoms with E-state index < -0.39 is 49.5 Å². The van der Waals surface area contributed by atoms with Crippen molar-refractivity contribution in [1.82, 2.24) is 0 Å². The van der Waals surface area contributed by atoms with E-state index in [2.05, 4.69) is 85.8 Å². The van der Waals surface area contributed by atoms with Crippen LogP contribution in [0, 0.1) is 41.4 Å². The van der Waals surface area contributed by atoms with E-state index in [0.29, 0.717) is 24.9 Å². The van der Waals surface area contributed by atoms with Crippen molar-refractivity contribution in [2.24, 2.45) is 41.4 Å². The number of ether oxygens (including phenoxy) is 3. The number of carbonyl (C=O) groups is 1. The third-order valence-electron chi connectivity index (χ3n) is 10.7. The summed E-state index contributed by atoms with van der Waals surface area (Å²) in [7, 11) is 0. The number of hydrogen-bond acceptors (Lipinski definition) is 9. The molecule has 1 heterocycles. The SMILES string of the molecule is CCC(C)C/C=C/C(C)/C=C/C(OC1OC(CO)C(O)C(O)C1O)C(C)CCCC(CCC(O)C(C)/C=C/CC(C)CCCC(C)C)COC(C)=O. The monoisotopic (exact) mass is 739 g/mol. The van der Waals surface area contributed by atoms with E-state index in [1.807, 2.05) is 6.08 Å². The van der Waals surface area contributed by atoms with Crippen molar-refractivity contribution in [2.75, 3.05) is 13.2 Å². The van der Waals surface area contributed by atoms with Crippen LogP contribution < -0.4 is 0 Å². The van der Waals surface area contributed by atoms with Crippen molar-refractivity contribution >= 4 is 5.97 Å². The molecule has 0 spiro atoms. The molecule has 0 bridgehead atoms. The van der Waals surface area contributed by atoms with Gasteiger partial charge in [-0.25, -0.2) is 0 Å². The second-order valence-corrected chi connectivity index (χ2v) is 16.4. The van der Waals surface area contributed by atoms with Crippen LogP contribution in [0.4, 0.5) is 0 Å². The van der Waals surface area contributed by atoms with Gasteiger partial charge in [-0.05, 0) is 80.0 Å². The van der Waals surface area contributed by atoms with Crippen LogP contribution >= 0.6 is 0 Å². The van der Waals surface area contributed by atoms with Crippen LogP contribution in [0.15, 0.2) is 36.5 Å². The molecular formula is C43H78O9. The third-order valence-corrected chi connectivity index (χ3v) is 10.7. The maximum Gasteiger partial charge on any atom is 0.302 e. The van der Waals surface area contributed by atoms with Crippen molar-refractivity contribution < 1.29 is 44.5 Å². The van der Waals surface area contributed by atoms with Gasteiger partial charge in [-0.1, -0.05) is 124 Å². The number of rotatable bonds is 27. The molecule has 9 heteroatoms. The molecule has 1 saturated heterocycles. The molecule has 0 saturated carbocycles. The molecule has 304 valence electrons. The fourth-order valence-corrected chi connectivity index (χ4v) is 6.50. The second kappa shape index (κ2) is 27.1. The summed E-state index contributed by atoms with van der Waals surface area (Å²) in [5, 5.41) is 52.0. The van der Waals surface area contributed by atoms with E-state index in [1.165, 1.54) is 26.2 Å². The van der Waals surface area contributed by atoms with Crippen molar-refractivity contribution in [3.05, 3.63) is 36.5 Å². The second-order valence-electron chi connectivity index (χ2n) is 16.4. The molecule has 1 aliphatic rings. The standard InChI is InChI=1S/C43H78O9/c1-10-30(4)16-12-18-32(6)23-26-38(51-43-42(49)41(48)40(47)39(27-44)52-43)34(8)21-14-22-36(28-50-35(9)45)24-25-37(46)33(7)20-13-19-31(5)17-11-15-29(2)3/h12-13,18,20,23,26,29-34,36-44,46-49H,10-11,14-17,19,21-22,24-25,27-28H2,1-9H3/b18-12+,20-13+,26-23+. The number of aliphatic hydroxyl groups is 5. The van der Waals surface area contributed by atoms with E-state index in [9.17, 15) is 30.3 Å². The fourth-order valence-electron chi connectivity index (χ4n) is 6.50. The first-order valence-electron chi connectivity index (χ1n) is 20.4. The lowest BCUT2D eigenvalue weighted by molar-refractivity contribution is -0.310. The van der Waals surface area contributed by atoms with E-state index in [1.54, 1.807) is 0 Å². The van der Waals surface area contributed by atoms with E-state index >= 15 is 0 Å². The summed E-state index contributed by atoms with van der Waals surface area (Å²) >= 11 is 0. The molecule has 0 radical (unpaired) electrons. The highest BCUT2D eigenvalue weighted by Gasteiger charge is 2.45. The summed E-state index contributed by atoms with van der Waals surface area (Å²) in [6, 6.07) is 0. The van der Waals surface area contributed by atoms with Crippen LogP contribution in [0.1, 0.15) is 133 Å². The lowest BCUT2D eigenvalue weighted by Gasteiger charge is -2.41. The Morgan fingerprint density at radius 2 is 1.42 bits per heavy atom. The first-order chi connectivity index (χ1) is 24.6. The van der Waals surface area contributed by atoms with Gasteiger partial charge in [0.1, 0.15) is 24.4 Å². The zero-order valence-corrected chi connectivity index (χ0v) is 34.1. The van der Waals surface area contributed by atoms with Gasteiger partial charge in [-0.15, -0.1) is 0 Å². The van der Waals surface area contributed by atoms with Crippen molar-refractivity contribution in [1.29, 1.82) is 0 Å². The van der Waals surface area contributed by atoms with Crippen LogP contribution in [-0.4, -0.2) is 87.6 Å². The highest BCUT2D eigenvalue weighted by molar-refractivity contribution is 5.65. The molecule has 9 nitrogen and oxygen atoms in total. The smallest absolute Gasteiger partial charge is 0.302 e. The molecule has 1 aliphatic heterocycles. The van der Waals surface area contributed by atoms with Gasteiger partial charge in [0.05, 0.1) is 25.4 Å². The van der Waals surface area contributed by atoms with Crippen molar-refractivity contribution in [3.63, 3.8) is 0 Å². The van der Waals surface area contributed by atoms with Crippen molar-refractivity contribution in [3.8, 4) is 0 Å². The Hall–Kier alpha value is -1.59. The van der Waals surface area contributed by atoms with E-state index in [4.69, 9.17) is 14.2 Å². The van der Waals surface area contributed by atoms with Gasteiger partial charge in [0, 0.05) is 6.92 Å².